The summed E-state index contributed by atoms with van der Waals surface area (Å²) in [5, 5.41) is 1.79. The Labute approximate surface area is 96.4 Å². The minimum absolute atomic E-state index is 0.197. The fourth-order valence-electron chi connectivity index (χ4n) is 2.13. The van der Waals surface area contributed by atoms with Gasteiger partial charge in [-0.3, -0.25) is 15.2 Å². The number of rotatable bonds is 3. The molecular weight excluding hydrogens is 200 g/mol. The maximum Gasteiger partial charge on any atom is 0.241 e. The summed E-state index contributed by atoms with van der Waals surface area (Å²) in [6, 6.07) is 10.2. The van der Waals surface area contributed by atoms with Crippen molar-refractivity contribution in [2.75, 3.05) is 5.43 Å². The van der Waals surface area contributed by atoms with E-state index in [0.29, 0.717) is 18.4 Å². The Balaban J connectivity index is 2.10. The van der Waals surface area contributed by atoms with Gasteiger partial charge in [-0.15, -0.1) is 0 Å². The molecule has 0 bridgehead atoms. The molecule has 0 radical (unpaired) electrons. The van der Waals surface area contributed by atoms with E-state index >= 15 is 0 Å². The van der Waals surface area contributed by atoms with E-state index in [1.165, 1.54) is 0 Å². The molecule has 16 heavy (non-hydrogen) atoms. The second-order valence-corrected chi connectivity index (χ2v) is 4.59. The van der Waals surface area contributed by atoms with Gasteiger partial charge < -0.3 is 0 Å². The summed E-state index contributed by atoms with van der Waals surface area (Å²) in [6.07, 6.45) is 1.61. The van der Waals surface area contributed by atoms with Crippen molar-refractivity contribution in [3.8, 4) is 0 Å². The van der Waals surface area contributed by atoms with Crippen LogP contribution in [0.3, 0.4) is 0 Å². The standard InChI is InChI=1S/C13H18N2O/c1-10(2)12-8-9-13(16)15(12)14-11-6-4-3-5-7-11/h3-7,10,12,14H,8-9H2,1-2H3. The number of amides is 1. The zero-order chi connectivity index (χ0) is 11.5. The molecule has 1 amide bonds. The molecule has 0 saturated carbocycles. The van der Waals surface area contributed by atoms with Crippen LogP contribution >= 0.6 is 0 Å². The van der Waals surface area contributed by atoms with Gasteiger partial charge in [0.2, 0.25) is 5.91 Å². The zero-order valence-electron chi connectivity index (χ0n) is 9.81. The van der Waals surface area contributed by atoms with E-state index in [0.717, 1.165) is 12.1 Å². The second-order valence-electron chi connectivity index (χ2n) is 4.59. The Bertz CT molecular complexity index is 361. The lowest BCUT2D eigenvalue weighted by Gasteiger charge is -2.28. The number of hydrogen-bond acceptors (Lipinski definition) is 2. The molecular formula is C13H18N2O. The molecule has 1 aromatic rings. The number of para-hydroxylation sites is 1. The largest absolute Gasteiger partial charge is 0.296 e. The van der Waals surface area contributed by atoms with Crippen LogP contribution in [0.15, 0.2) is 30.3 Å². The third kappa shape index (κ3) is 2.18. The van der Waals surface area contributed by atoms with Gasteiger partial charge in [0.15, 0.2) is 0 Å². The van der Waals surface area contributed by atoms with Crippen LogP contribution in [0.25, 0.3) is 0 Å². The fourth-order valence-corrected chi connectivity index (χ4v) is 2.13. The Kier molecular flexibility index (Phi) is 3.13. The maximum atomic E-state index is 11.8. The molecule has 1 atom stereocenters. The van der Waals surface area contributed by atoms with Gasteiger partial charge in [0.25, 0.3) is 0 Å². The van der Waals surface area contributed by atoms with Crippen LogP contribution in [0.1, 0.15) is 26.7 Å². The number of nitrogens with zero attached hydrogens (tertiary/aromatic N) is 1. The number of nitrogens with one attached hydrogen (secondary N) is 1. The molecule has 0 spiro atoms. The monoisotopic (exact) mass is 218 g/mol. The molecule has 3 nitrogen and oxygen atoms in total. The van der Waals surface area contributed by atoms with E-state index in [4.69, 9.17) is 0 Å². The highest BCUT2D eigenvalue weighted by Crippen LogP contribution is 2.25. The Morgan fingerprint density at radius 2 is 2.00 bits per heavy atom. The first kappa shape index (κ1) is 11.0. The van der Waals surface area contributed by atoms with Crippen molar-refractivity contribution in [3.05, 3.63) is 30.3 Å². The van der Waals surface area contributed by atoms with Crippen LogP contribution in [0, 0.1) is 5.92 Å². The van der Waals surface area contributed by atoms with E-state index in [1.807, 2.05) is 30.3 Å². The molecule has 0 aliphatic carbocycles. The molecule has 1 heterocycles. The van der Waals surface area contributed by atoms with Crippen LogP contribution in [0.5, 0.6) is 0 Å². The van der Waals surface area contributed by atoms with Crippen LogP contribution in [0.2, 0.25) is 0 Å². The molecule has 3 heteroatoms. The average molecular weight is 218 g/mol. The molecule has 1 N–H and O–H groups in total. The van der Waals surface area contributed by atoms with Crippen LogP contribution in [0.4, 0.5) is 5.69 Å². The van der Waals surface area contributed by atoms with Crippen molar-refractivity contribution in [3.63, 3.8) is 0 Å². The summed E-state index contributed by atoms with van der Waals surface area (Å²) < 4.78 is 0. The average Bonchev–Trinajstić information content (AvgIpc) is 2.62. The van der Waals surface area contributed by atoms with Crippen LogP contribution in [-0.4, -0.2) is 17.0 Å². The number of benzene rings is 1. The SMILES string of the molecule is CC(C)C1CCC(=O)N1Nc1ccccc1. The molecule has 86 valence electrons. The van der Waals surface area contributed by atoms with Gasteiger partial charge in [-0.05, 0) is 24.5 Å². The topological polar surface area (TPSA) is 32.3 Å². The van der Waals surface area contributed by atoms with Gasteiger partial charge in [-0.1, -0.05) is 32.0 Å². The second kappa shape index (κ2) is 4.56. The summed E-state index contributed by atoms with van der Waals surface area (Å²) in [5.41, 5.74) is 4.18. The van der Waals surface area contributed by atoms with Crippen LogP contribution in [-0.2, 0) is 4.79 Å². The van der Waals surface area contributed by atoms with E-state index in [-0.39, 0.29) is 5.91 Å². The molecule has 1 unspecified atom stereocenters. The van der Waals surface area contributed by atoms with Crippen molar-refractivity contribution in [1.29, 1.82) is 0 Å². The van der Waals surface area contributed by atoms with Gasteiger partial charge in [0.05, 0.1) is 11.7 Å². The predicted molar refractivity (Wildman–Crippen MR) is 64.8 cm³/mol. The van der Waals surface area contributed by atoms with Gasteiger partial charge >= 0.3 is 0 Å². The molecule has 1 aromatic carbocycles. The number of hydrogen-bond donors (Lipinski definition) is 1. The Morgan fingerprint density at radius 1 is 1.31 bits per heavy atom. The number of hydrazine groups is 1. The number of carbonyl (C=O) groups is 1. The van der Waals surface area contributed by atoms with Crippen molar-refractivity contribution in [2.45, 2.75) is 32.7 Å². The summed E-state index contributed by atoms with van der Waals surface area (Å²) in [6.45, 7) is 4.31. The first-order valence-electron chi connectivity index (χ1n) is 5.82. The zero-order valence-corrected chi connectivity index (χ0v) is 9.81. The molecule has 1 saturated heterocycles. The summed E-state index contributed by atoms with van der Waals surface area (Å²) in [5.74, 6) is 0.685. The first-order chi connectivity index (χ1) is 7.68. The van der Waals surface area contributed by atoms with Crippen molar-refractivity contribution in [2.24, 2.45) is 5.92 Å². The predicted octanol–water partition coefficient (Wildman–Crippen LogP) is 2.66. The van der Waals surface area contributed by atoms with Gasteiger partial charge in [-0.25, -0.2) is 0 Å². The van der Waals surface area contributed by atoms with Gasteiger partial charge in [0.1, 0.15) is 0 Å². The van der Waals surface area contributed by atoms with E-state index in [1.54, 1.807) is 5.01 Å². The quantitative estimate of drug-likeness (QED) is 0.846. The Hall–Kier alpha value is -1.51. The van der Waals surface area contributed by atoms with Gasteiger partial charge in [-0.2, -0.15) is 0 Å². The fraction of sp³-hybridized carbons (Fsp3) is 0.462. The summed E-state index contributed by atoms with van der Waals surface area (Å²) >= 11 is 0. The summed E-state index contributed by atoms with van der Waals surface area (Å²) in [7, 11) is 0. The smallest absolute Gasteiger partial charge is 0.241 e. The van der Waals surface area contributed by atoms with Crippen LogP contribution < -0.4 is 5.43 Å². The summed E-state index contributed by atoms with van der Waals surface area (Å²) in [4.78, 5) is 11.8. The highest BCUT2D eigenvalue weighted by atomic mass is 16.2. The number of anilines is 1. The first-order valence-corrected chi connectivity index (χ1v) is 5.82. The van der Waals surface area contributed by atoms with E-state index < -0.39 is 0 Å². The van der Waals surface area contributed by atoms with Crippen molar-refractivity contribution >= 4 is 11.6 Å². The lowest BCUT2D eigenvalue weighted by Crippen LogP contribution is -2.40. The lowest BCUT2D eigenvalue weighted by molar-refractivity contribution is -0.128. The highest BCUT2D eigenvalue weighted by molar-refractivity contribution is 5.80. The minimum Gasteiger partial charge on any atom is -0.296 e. The van der Waals surface area contributed by atoms with E-state index in [2.05, 4.69) is 19.3 Å². The maximum absolute atomic E-state index is 11.8. The lowest BCUT2D eigenvalue weighted by atomic mass is 10.0. The third-order valence-electron chi connectivity index (χ3n) is 3.05. The highest BCUT2D eigenvalue weighted by Gasteiger charge is 2.33. The molecule has 2 rings (SSSR count). The Morgan fingerprint density at radius 3 is 2.62 bits per heavy atom. The molecule has 1 aliphatic heterocycles. The molecule has 1 aliphatic rings. The third-order valence-corrected chi connectivity index (χ3v) is 3.05. The molecule has 1 fully saturated rings. The van der Waals surface area contributed by atoms with Crippen molar-refractivity contribution in [1.82, 2.24) is 5.01 Å². The van der Waals surface area contributed by atoms with Gasteiger partial charge in [0, 0.05) is 6.42 Å². The minimum atomic E-state index is 0.197. The molecule has 0 aromatic heterocycles. The number of carbonyl (C=O) groups excluding carboxylic acids is 1. The normalized spacial score (nSPS) is 20.6. The van der Waals surface area contributed by atoms with Crippen molar-refractivity contribution < 1.29 is 4.79 Å². The van der Waals surface area contributed by atoms with E-state index in [9.17, 15) is 4.79 Å².